The van der Waals surface area contributed by atoms with Crippen LogP contribution >= 0.6 is 0 Å². The maximum atomic E-state index is 10.3. The maximum Gasteiger partial charge on any atom is 0.335 e. The fraction of sp³-hybridized carbons (Fsp3) is 0. The van der Waals surface area contributed by atoms with Gasteiger partial charge in [0.25, 0.3) is 0 Å². The molecule has 0 amide bonds. The van der Waals surface area contributed by atoms with E-state index in [-0.39, 0.29) is 41.2 Å². The molecule has 67 valence electrons. The first-order valence-electron chi connectivity index (χ1n) is 3.00. The largest absolute Gasteiger partial charge is 0.504 e. The van der Waals surface area contributed by atoms with E-state index >= 15 is 0 Å². The Morgan fingerprint density at radius 1 is 1.08 bits per heavy atom. The Bertz CT molecular complexity index is 313. The molecule has 0 saturated heterocycles. The number of phenols is 3. The first-order chi connectivity index (χ1) is 5.52. The van der Waals surface area contributed by atoms with Crippen molar-refractivity contribution in [3.05, 3.63) is 17.7 Å². The third kappa shape index (κ3) is 2.62. The van der Waals surface area contributed by atoms with Crippen LogP contribution in [-0.2, 0) is 0 Å². The molecule has 0 aliphatic rings. The quantitative estimate of drug-likeness (QED) is 0.566. The smallest absolute Gasteiger partial charge is 0.335 e. The molecule has 6 heteroatoms. The van der Waals surface area contributed by atoms with E-state index in [4.69, 9.17) is 20.4 Å². The van der Waals surface area contributed by atoms with Crippen LogP contribution in [-0.4, -0.2) is 26.4 Å². The average Bonchev–Trinajstić information content (AvgIpc) is 1.99. The number of aromatic hydroxyl groups is 3. The summed E-state index contributed by atoms with van der Waals surface area (Å²) in [6.07, 6.45) is 0. The van der Waals surface area contributed by atoms with Gasteiger partial charge in [-0.1, -0.05) is 0 Å². The summed E-state index contributed by atoms with van der Waals surface area (Å²) in [7, 11) is 0. The molecule has 0 fully saturated rings. The van der Waals surface area contributed by atoms with Crippen LogP contribution in [0.2, 0.25) is 0 Å². The first-order valence-corrected chi connectivity index (χ1v) is 3.00. The average molecular weight is 309 g/mol. The Kier molecular flexibility index (Phi) is 4.25. The van der Waals surface area contributed by atoms with E-state index in [0.717, 1.165) is 12.1 Å². The van der Waals surface area contributed by atoms with Crippen molar-refractivity contribution in [3.63, 3.8) is 0 Å². The molecule has 0 spiro atoms. The normalized spacial score (nSPS) is 8.92. The minimum Gasteiger partial charge on any atom is -0.504 e. The zero-order valence-electron chi connectivity index (χ0n) is 6.43. The Balaban J connectivity index is 0.00000144. The maximum absolute atomic E-state index is 10.3. The van der Waals surface area contributed by atoms with Gasteiger partial charge in [-0.05, 0) is 12.1 Å². The fourth-order valence-electron chi connectivity index (χ4n) is 0.728. The number of aromatic carboxylic acids is 1. The van der Waals surface area contributed by atoms with Gasteiger partial charge in [0.05, 0.1) is 5.56 Å². The van der Waals surface area contributed by atoms with E-state index < -0.39 is 23.2 Å². The zero-order valence-corrected chi connectivity index (χ0v) is 10.1. The van der Waals surface area contributed by atoms with Crippen LogP contribution in [0.1, 0.15) is 10.4 Å². The van der Waals surface area contributed by atoms with Crippen molar-refractivity contribution >= 4 is 5.97 Å². The van der Waals surface area contributed by atoms with Gasteiger partial charge in [-0.3, -0.25) is 0 Å². The molecule has 0 bridgehead atoms. The number of carbonyl (C=O) groups is 1. The number of phenolic OH excluding ortho intramolecular Hbond substituents is 3. The molecule has 0 saturated carbocycles. The Morgan fingerprint density at radius 2 is 1.46 bits per heavy atom. The van der Waals surface area contributed by atoms with Crippen LogP contribution in [0.4, 0.5) is 0 Å². The van der Waals surface area contributed by atoms with Gasteiger partial charge in [-0.2, -0.15) is 0 Å². The van der Waals surface area contributed by atoms with E-state index in [1.807, 2.05) is 0 Å². The van der Waals surface area contributed by atoms with Crippen molar-refractivity contribution in [2.45, 2.75) is 0 Å². The molecular weight excluding hydrogens is 303 g/mol. The summed E-state index contributed by atoms with van der Waals surface area (Å²) >= 11 is 0. The molecule has 0 aliphatic carbocycles. The number of carboxylic acids is 1. The van der Waals surface area contributed by atoms with Crippen LogP contribution in [0.5, 0.6) is 17.2 Å². The molecular formula is C7H6LaO5. The predicted octanol–water partition coefficient (Wildman–Crippen LogP) is 0.502. The van der Waals surface area contributed by atoms with Crippen molar-refractivity contribution in [1.82, 2.24) is 0 Å². The Hall–Kier alpha value is -0.715. The van der Waals surface area contributed by atoms with Crippen molar-refractivity contribution in [2.75, 3.05) is 0 Å². The third-order valence-electron chi connectivity index (χ3n) is 1.32. The summed E-state index contributed by atoms with van der Waals surface area (Å²) in [5.41, 5.74) is -0.289. The van der Waals surface area contributed by atoms with Gasteiger partial charge in [0.1, 0.15) is 0 Å². The van der Waals surface area contributed by atoms with Crippen LogP contribution in [0.3, 0.4) is 0 Å². The molecule has 0 atom stereocenters. The van der Waals surface area contributed by atoms with E-state index in [2.05, 4.69) is 0 Å². The topological polar surface area (TPSA) is 98.0 Å². The SMILES string of the molecule is O=C(O)c1cc(O)c(O)c(O)c1.[La]. The summed E-state index contributed by atoms with van der Waals surface area (Å²) in [4.78, 5) is 10.3. The van der Waals surface area contributed by atoms with Gasteiger partial charge in [0.2, 0.25) is 0 Å². The number of hydrogen-bond donors (Lipinski definition) is 4. The fourth-order valence-corrected chi connectivity index (χ4v) is 0.728. The molecule has 1 aromatic carbocycles. The molecule has 0 unspecified atom stereocenters. The Morgan fingerprint density at radius 3 is 1.77 bits per heavy atom. The molecule has 0 heterocycles. The minimum atomic E-state index is -1.29. The summed E-state index contributed by atoms with van der Waals surface area (Å²) in [6, 6.07) is 1.69. The third-order valence-corrected chi connectivity index (χ3v) is 1.32. The van der Waals surface area contributed by atoms with Gasteiger partial charge in [0, 0.05) is 35.6 Å². The van der Waals surface area contributed by atoms with Crippen LogP contribution in [0.15, 0.2) is 12.1 Å². The van der Waals surface area contributed by atoms with Gasteiger partial charge in [0.15, 0.2) is 17.2 Å². The molecule has 1 aromatic rings. The second-order valence-electron chi connectivity index (χ2n) is 2.17. The summed E-state index contributed by atoms with van der Waals surface area (Å²) in [5, 5.41) is 35.0. The molecule has 5 nitrogen and oxygen atoms in total. The molecule has 13 heavy (non-hydrogen) atoms. The van der Waals surface area contributed by atoms with Crippen LogP contribution in [0, 0.1) is 35.6 Å². The summed E-state index contributed by atoms with van der Waals surface area (Å²) in [5.74, 6) is -3.33. The van der Waals surface area contributed by atoms with Gasteiger partial charge < -0.3 is 20.4 Å². The van der Waals surface area contributed by atoms with Crippen LogP contribution in [0.25, 0.3) is 0 Å². The molecule has 1 rings (SSSR count). The molecule has 0 aliphatic heterocycles. The molecule has 4 N–H and O–H groups in total. The number of benzene rings is 1. The number of hydrogen-bond acceptors (Lipinski definition) is 4. The van der Waals surface area contributed by atoms with Crippen molar-refractivity contribution in [3.8, 4) is 17.2 Å². The monoisotopic (exact) mass is 309 g/mol. The standard InChI is InChI=1S/C7H6O5.La/c8-4-1-3(7(11)12)2-5(9)6(4)10;/h1-2,8-10H,(H,11,12);. The first kappa shape index (κ1) is 12.3. The van der Waals surface area contributed by atoms with Gasteiger partial charge in [-0.25, -0.2) is 4.79 Å². The van der Waals surface area contributed by atoms with E-state index in [9.17, 15) is 4.79 Å². The minimum absolute atomic E-state index is 0. The van der Waals surface area contributed by atoms with Crippen LogP contribution < -0.4 is 0 Å². The van der Waals surface area contributed by atoms with Crippen molar-refractivity contribution in [2.24, 2.45) is 0 Å². The van der Waals surface area contributed by atoms with E-state index in [0.29, 0.717) is 0 Å². The molecule has 1 radical (unpaired) electrons. The van der Waals surface area contributed by atoms with E-state index in [1.54, 1.807) is 0 Å². The Labute approximate surface area is 101 Å². The van der Waals surface area contributed by atoms with Gasteiger partial charge >= 0.3 is 5.97 Å². The molecule has 0 aromatic heterocycles. The zero-order chi connectivity index (χ0) is 9.30. The number of rotatable bonds is 1. The summed E-state index contributed by atoms with van der Waals surface area (Å²) in [6.45, 7) is 0. The summed E-state index contributed by atoms with van der Waals surface area (Å²) < 4.78 is 0. The van der Waals surface area contributed by atoms with Crippen molar-refractivity contribution in [1.29, 1.82) is 0 Å². The van der Waals surface area contributed by atoms with Crippen molar-refractivity contribution < 1.29 is 60.8 Å². The van der Waals surface area contributed by atoms with E-state index in [1.165, 1.54) is 0 Å². The second-order valence-corrected chi connectivity index (χ2v) is 2.17. The predicted molar refractivity (Wildman–Crippen MR) is 38.4 cm³/mol. The second kappa shape index (κ2) is 4.50. The van der Waals surface area contributed by atoms with Gasteiger partial charge in [-0.15, -0.1) is 0 Å². The number of carboxylic acid groups (broad SMARTS) is 1.